The maximum Gasteiger partial charge on any atom is 0.268 e. The van der Waals surface area contributed by atoms with E-state index in [-0.39, 0.29) is 4.90 Å². The van der Waals surface area contributed by atoms with Gasteiger partial charge < -0.3 is 0 Å². The lowest BCUT2D eigenvalue weighted by atomic mass is 10.2. The molecule has 0 bridgehead atoms. The SMILES string of the molecule is Cc1ccc(S(=O)(=O)n2cc(C#N)c3ccccc32)cc1. The van der Waals surface area contributed by atoms with Crippen molar-refractivity contribution in [2.45, 2.75) is 11.8 Å². The van der Waals surface area contributed by atoms with Crippen LogP contribution in [0.4, 0.5) is 0 Å². The number of aryl methyl sites for hydroxylation is 1. The van der Waals surface area contributed by atoms with Gasteiger partial charge >= 0.3 is 0 Å². The molecule has 2 aromatic carbocycles. The summed E-state index contributed by atoms with van der Waals surface area (Å²) in [6.45, 7) is 1.90. The summed E-state index contributed by atoms with van der Waals surface area (Å²) in [5.74, 6) is 0. The van der Waals surface area contributed by atoms with E-state index in [4.69, 9.17) is 5.26 Å². The molecule has 0 radical (unpaired) electrons. The fraction of sp³-hybridized carbons (Fsp3) is 0.0625. The van der Waals surface area contributed by atoms with E-state index in [1.54, 1.807) is 48.5 Å². The van der Waals surface area contributed by atoms with Gasteiger partial charge in [-0.2, -0.15) is 5.26 Å². The van der Waals surface area contributed by atoms with Crippen LogP contribution in [0.2, 0.25) is 0 Å². The van der Waals surface area contributed by atoms with Crippen molar-refractivity contribution in [2.24, 2.45) is 0 Å². The number of benzene rings is 2. The van der Waals surface area contributed by atoms with Gasteiger partial charge in [0.1, 0.15) is 6.07 Å². The smallest absolute Gasteiger partial charge is 0.240 e. The van der Waals surface area contributed by atoms with Crippen molar-refractivity contribution >= 4 is 20.9 Å². The Bertz CT molecular complexity index is 962. The van der Waals surface area contributed by atoms with E-state index in [9.17, 15) is 8.42 Å². The third-order valence-electron chi connectivity index (χ3n) is 3.38. The molecule has 21 heavy (non-hydrogen) atoms. The number of rotatable bonds is 2. The summed E-state index contributed by atoms with van der Waals surface area (Å²) >= 11 is 0. The standard InChI is InChI=1S/C16H12N2O2S/c1-12-6-8-14(9-7-12)21(19,20)18-11-13(10-17)15-4-2-3-5-16(15)18/h2-9,11H,1H3. The largest absolute Gasteiger partial charge is 0.268 e. The average molecular weight is 296 g/mol. The zero-order valence-electron chi connectivity index (χ0n) is 11.3. The molecular weight excluding hydrogens is 284 g/mol. The molecule has 0 saturated carbocycles. The van der Waals surface area contributed by atoms with E-state index in [2.05, 4.69) is 0 Å². The lowest BCUT2D eigenvalue weighted by Gasteiger charge is -2.07. The Kier molecular flexibility index (Phi) is 3.04. The zero-order valence-corrected chi connectivity index (χ0v) is 12.1. The van der Waals surface area contributed by atoms with Crippen molar-refractivity contribution in [3.63, 3.8) is 0 Å². The van der Waals surface area contributed by atoms with Crippen LogP contribution >= 0.6 is 0 Å². The molecule has 3 rings (SSSR count). The maximum atomic E-state index is 12.7. The number of nitrogens with zero attached hydrogens (tertiary/aromatic N) is 2. The molecule has 0 amide bonds. The summed E-state index contributed by atoms with van der Waals surface area (Å²) in [6, 6.07) is 15.7. The van der Waals surface area contributed by atoms with Gasteiger partial charge in [0, 0.05) is 11.6 Å². The first-order valence-corrected chi connectivity index (χ1v) is 7.80. The highest BCUT2D eigenvalue weighted by Gasteiger charge is 2.20. The monoisotopic (exact) mass is 296 g/mol. The number of fused-ring (bicyclic) bond motifs is 1. The van der Waals surface area contributed by atoms with Gasteiger partial charge in [-0.15, -0.1) is 0 Å². The van der Waals surface area contributed by atoms with Gasteiger partial charge in [0.15, 0.2) is 0 Å². The van der Waals surface area contributed by atoms with Crippen molar-refractivity contribution in [1.82, 2.24) is 3.97 Å². The van der Waals surface area contributed by atoms with Crippen LogP contribution in [0.5, 0.6) is 0 Å². The van der Waals surface area contributed by atoms with Gasteiger partial charge in [0.05, 0.1) is 16.0 Å². The van der Waals surface area contributed by atoms with Crippen LogP contribution < -0.4 is 0 Å². The van der Waals surface area contributed by atoms with Gasteiger partial charge in [-0.3, -0.25) is 0 Å². The summed E-state index contributed by atoms with van der Waals surface area (Å²) in [5.41, 5.74) is 1.85. The second kappa shape index (κ2) is 4.76. The Balaban J connectivity index is 2.30. The number of para-hydroxylation sites is 1. The Morgan fingerprint density at radius 1 is 1.05 bits per heavy atom. The van der Waals surface area contributed by atoms with Gasteiger partial charge in [0.25, 0.3) is 10.0 Å². The molecule has 104 valence electrons. The Morgan fingerprint density at radius 2 is 1.71 bits per heavy atom. The average Bonchev–Trinajstić information content (AvgIpc) is 2.87. The molecule has 0 aliphatic carbocycles. The maximum absolute atomic E-state index is 12.7. The fourth-order valence-corrected chi connectivity index (χ4v) is 3.63. The van der Waals surface area contributed by atoms with E-state index < -0.39 is 10.0 Å². The minimum atomic E-state index is -3.71. The Labute approximate surface area is 122 Å². The first-order chi connectivity index (χ1) is 10.0. The molecule has 0 aliphatic heterocycles. The van der Waals surface area contributed by atoms with E-state index in [0.29, 0.717) is 16.5 Å². The highest BCUT2D eigenvalue weighted by molar-refractivity contribution is 7.90. The van der Waals surface area contributed by atoms with Crippen LogP contribution in [-0.4, -0.2) is 12.4 Å². The third kappa shape index (κ3) is 2.10. The number of hydrogen-bond acceptors (Lipinski definition) is 3. The van der Waals surface area contributed by atoms with Crippen LogP contribution in [0.15, 0.2) is 59.6 Å². The first-order valence-electron chi connectivity index (χ1n) is 6.36. The highest BCUT2D eigenvalue weighted by Crippen LogP contribution is 2.25. The molecule has 0 atom stereocenters. The van der Waals surface area contributed by atoms with Crippen LogP contribution in [0.1, 0.15) is 11.1 Å². The Morgan fingerprint density at radius 3 is 2.38 bits per heavy atom. The van der Waals surface area contributed by atoms with Crippen molar-refractivity contribution in [2.75, 3.05) is 0 Å². The summed E-state index contributed by atoms with van der Waals surface area (Å²) in [6.07, 6.45) is 1.37. The van der Waals surface area contributed by atoms with Crippen molar-refractivity contribution in [3.8, 4) is 6.07 Å². The van der Waals surface area contributed by atoms with Crippen LogP contribution in [0, 0.1) is 18.3 Å². The highest BCUT2D eigenvalue weighted by atomic mass is 32.2. The molecule has 5 heteroatoms. The van der Waals surface area contributed by atoms with Crippen LogP contribution in [-0.2, 0) is 10.0 Å². The van der Waals surface area contributed by atoms with Crippen LogP contribution in [0.3, 0.4) is 0 Å². The third-order valence-corrected chi connectivity index (χ3v) is 5.06. The number of hydrogen-bond donors (Lipinski definition) is 0. The predicted octanol–water partition coefficient (Wildman–Crippen LogP) is 3.06. The van der Waals surface area contributed by atoms with E-state index in [1.165, 1.54) is 10.2 Å². The molecule has 1 heterocycles. The van der Waals surface area contributed by atoms with E-state index in [0.717, 1.165) is 5.56 Å². The molecule has 1 aromatic heterocycles. The minimum Gasteiger partial charge on any atom is -0.240 e. The summed E-state index contributed by atoms with van der Waals surface area (Å²) in [5, 5.41) is 9.80. The molecule has 0 unspecified atom stereocenters. The Hall–Kier alpha value is -2.58. The lowest BCUT2D eigenvalue weighted by Crippen LogP contribution is -2.11. The summed E-state index contributed by atoms with van der Waals surface area (Å²) in [4.78, 5) is 0.207. The molecule has 0 aliphatic rings. The molecule has 4 nitrogen and oxygen atoms in total. The number of aromatic nitrogens is 1. The van der Waals surface area contributed by atoms with Crippen molar-refractivity contribution in [1.29, 1.82) is 5.26 Å². The normalized spacial score (nSPS) is 11.4. The van der Waals surface area contributed by atoms with Crippen LogP contribution in [0.25, 0.3) is 10.9 Å². The molecule has 0 fully saturated rings. The van der Waals surface area contributed by atoms with Gasteiger partial charge in [-0.1, -0.05) is 35.9 Å². The molecular formula is C16H12N2O2S. The van der Waals surface area contributed by atoms with Crippen molar-refractivity contribution in [3.05, 3.63) is 65.9 Å². The molecule has 0 spiro atoms. The van der Waals surface area contributed by atoms with Crippen molar-refractivity contribution < 1.29 is 8.42 Å². The quantitative estimate of drug-likeness (QED) is 0.730. The zero-order chi connectivity index (χ0) is 15.0. The first kappa shape index (κ1) is 13.4. The molecule has 3 aromatic rings. The van der Waals surface area contributed by atoms with E-state index >= 15 is 0 Å². The summed E-state index contributed by atoms with van der Waals surface area (Å²) in [7, 11) is -3.71. The second-order valence-corrected chi connectivity index (χ2v) is 6.60. The van der Waals surface area contributed by atoms with Gasteiger partial charge in [-0.25, -0.2) is 12.4 Å². The topological polar surface area (TPSA) is 62.9 Å². The molecule has 0 N–H and O–H groups in total. The minimum absolute atomic E-state index is 0.207. The number of nitriles is 1. The van der Waals surface area contributed by atoms with Gasteiger partial charge in [0.2, 0.25) is 0 Å². The van der Waals surface area contributed by atoms with E-state index in [1.807, 2.05) is 13.0 Å². The van der Waals surface area contributed by atoms with Gasteiger partial charge in [-0.05, 0) is 25.1 Å². The molecule has 0 saturated heterocycles. The second-order valence-electron chi connectivity index (χ2n) is 4.79. The predicted molar refractivity (Wildman–Crippen MR) is 80.4 cm³/mol. The lowest BCUT2D eigenvalue weighted by molar-refractivity contribution is 0.589. The summed E-state index contributed by atoms with van der Waals surface area (Å²) < 4.78 is 26.7. The fourth-order valence-electron chi connectivity index (χ4n) is 2.26.